The first kappa shape index (κ1) is 25.8. The Kier molecular flexibility index (Phi) is 7.37. The minimum absolute atomic E-state index is 0.174. The van der Waals surface area contributed by atoms with Crippen LogP contribution in [0.4, 0.5) is 4.39 Å². The maximum Gasteiger partial charge on any atom is 0.251 e. The van der Waals surface area contributed by atoms with E-state index in [1.54, 1.807) is 21.5 Å². The largest absolute Gasteiger partial charge is 0.351 e. The van der Waals surface area contributed by atoms with Crippen molar-refractivity contribution < 1.29 is 14.0 Å². The number of piperidine rings is 1. The number of Topliss-reactive ketones (excluding diaryl/α,β-unsaturated/α-hetero) is 1. The third-order valence-electron chi connectivity index (χ3n) is 7.61. The van der Waals surface area contributed by atoms with E-state index in [1.165, 1.54) is 43.7 Å². The number of pyridine rings is 1. The molecule has 1 N–H and O–H groups in total. The molecule has 0 bridgehead atoms. The molecule has 1 fully saturated rings. The Bertz CT molecular complexity index is 1470. The molecule has 5 rings (SSSR count). The van der Waals surface area contributed by atoms with E-state index in [-0.39, 0.29) is 23.7 Å². The number of nitrogens with zero attached hydrogens (tertiary/aromatic N) is 5. The van der Waals surface area contributed by atoms with Gasteiger partial charge >= 0.3 is 0 Å². The number of carbonyl (C=O) groups excluding carboxylic acids is 2. The van der Waals surface area contributed by atoms with Crippen LogP contribution in [0.2, 0.25) is 0 Å². The van der Waals surface area contributed by atoms with Crippen molar-refractivity contribution >= 4 is 17.3 Å². The average Bonchev–Trinajstić information content (AvgIpc) is 3.52. The first-order chi connectivity index (χ1) is 18.3. The van der Waals surface area contributed by atoms with Gasteiger partial charge in [-0.05, 0) is 68.7 Å². The van der Waals surface area contributed by atoms with Crippen LogP contribution in [0.15, 0.2) is 55.0 Å². The molecule has 4 aromatic rings. The van der Waals surface area contributed by atoms with Crippen molar-refractivity contribution in [2.45, 2.75) is 51.6 Å². The Hall–Kier alpha value is -3.85. The highest BCUT2D eigenvalue weighted by atomic mass is 19.1. The topological polar surface area (TPSA) is 84.5 Å². The summed E-state index contributed by atoms with van der Waals surface area (Å²) in [6.07, 6.45) is 8.41. The van der Waals surface area contributed by atoms with Gasteiger partial charge in [0.15, 0.2) is 5.78 Å². The van der Waals surface area contributed by atoms with E-state index in [1.807, 2.05) is 25.2 Å². The molecule has 1 aliphatic rings. The first-order valence-corrected chi connectivity index (χ1v) is 13.1. The van der Waals surface area contributed by atoms with Gasteiger partial charge in [0.1, 0.15) is 17.2 Å². The predicted octanol–water partition coefficient (Wildman–Crippen LogP) is 4.29. The number of fused-ring (bicyclic) bond motifs is 1. The van der Waals surface area contributed by atoms with Gasteiger partial charge in [0.2, 0.25) is 0 Å². The van der Waals surface area contributed by atoms with E-state index < -0.39 is 5.82 Å². The van der Waals surface area contributed by atoms with Gasteiger partial charge in [-0.15, -0.1) is 0 Å². The van der Waals surface area contributed by atoms with Crippen molar-refractivity contribution in [2.24, 2.45) is 7.05 Å². The summed E-state index contributed by atoms with van der Waals surface area (Å²) in [6.45, 7) is 5.74. The molecule has 0 spiro atoms. The van der Waals surface area contributed by atoms with E-state index in [0.29, 0.717) is 35.5 Å². The second-order valence-electron chi connectivity index (χ2n) is 10.2. The van der Waals surface area contributed by atoms with Gasteiger partial charge in [-0.25, -0.2) is 9.37 Å². The van der Waals surface area contributed by atoms with Gasteiger partial charge in [0.05, 0.1) is 11.9 Å². The fraction of sp³-hybridized carbons (Fsp3) is 0.379. The zero-order valence-electron chi connectivity index (χ0n) is 22.0. The van der Waals surface area contributed by atoms with Gasteiger partial charge in [0.25, 0.3) is 5.91 Å². The molecule has 8 nitrogen and oxygen atoms in total. The van der Waals surface area contributed by atoms with Crippen molar-refractivity contribution in [3.63, 3.8) is 0 Å². The van der Waals surface area contributed by atoms with E-state index in [0.717, 1.165) is 17.8 Å². The van der Waals surface area contributed by atoms with Crippen LogP contribution in [0.25, 0.3) is 16.9 Å². The zero-order valence-corrected chi connectivity index (χ0v) is 22.0. The van der Waals surface area contributed by atoms with Crippen molar-refractivity contribution in [3.05, 3.63) is 77.6 Å². The summed E-state index contributed by atoms with van der Waals surface area (Å²) in [4.78, 5) is 32.8. The quantitative estimate of drug-likeness (QED) is 0.353. The number of amides is 1. The average molecular weight is 517 g/mol. The highest BCUT2D eigenvalue weighted by molar-refractivity contribution is 5.98. The number of hydrogen-bond donors (Lipinski definition) is 1. The third kappa shape index (κ3) is 5.24. The standard InChI is InChI=1S/C29H33FN6O2/c1-19-5-4-6-20(2)35(19)14-12-31-29(38)22-7-8-24(30)23(15-22)16-27(37)26-18-32-28-17-21(10-13-36(26)28)25-9-11-33-34(25)3/h7-11,13,15,17-20H,4-6,12,14,16H2,1-3H3,(H,31,38)/t19-,20+. The fourth-order valence-electron chi connectivity index (χ4n) is 5.43. The Morgan fingerprint density at radius 2 is 1.89 bits per heavy atom. The lowest BCUT2D eigenvalue weighted by Gasteiger charge is -2.39. The number of ketones is 1. The van der Waals surface area contributed by atoms with E-state index in [2.05, 4.69) is 34.1 Å². The number of hydrogen-bond acceptors (Lipinski definition) is 5. The van der Waals surface area contributed by atoms with Gasteiger partial charge in [-0.2, -0.15) is 5.10 Å². The fourth-order valence-corrected chi connectivity index (χ4v) is 5.43. The van der Waals surface area contributed by atoms with Gasteiger partial charge < -0.3 is 5.32 Å². The molecular formula is C29H33FN6O2. The smallest absolute Gasteiger partial charge is 0.251 e. The molecule has 1 saturated heterocycles. The summed E-state index contributed by atoms with van der Waals surface area (Å²) in [5, 5.41) is 7.15. The Labute approximate surface area is 221 Å². The Morgan fingerprint density at radius 1 is 1.11 bits per heavy atom. The monoisotopic (exact) mass is 516 g/mol. The van der Waals surface area contributed by atoms with Crippen LogP contribution in [0.3, 0.4) is 0 Å². The van der Waals surface area contributed by atoms with Crippen LogP contribution in [0, 0.1) is 5.82 Å². The number of imidazole rings is 1. The number of carbonyl (C=O) groups is 2. The lowest BCUT2D eigenvalue weighted by molar-refractivity contribution is 0.0888. The molecule has 0 radical (unpaired) electrons. The van der Waals surface area contributed by atoms with Crippen LogP contribution >= 0.6 is 0 Å². The number of aryl methyl sites for hydroxylation is 1. The predicted molar refractivity (Wildman–Crippen MR) is 144 cm³/mol. The van der Waals surface area contributed by atoms with Crippen LogP contribution in [-0.4, -0.2) is 60.9 Å². The summed E-state index contributed by atoms with van der Waals surface area (Å²) in [5.41, 5.74) is 3.35. The number of aromatic nitrogens is 4. The minimum Gasteiger partial charge on any atom is -0.351 e. The normalized spacial score (nSPS) is 18.1. The lowest BCUT2D eigenvalue weighted by atomic mass is 9.98. The highest BCUT2D eigenvalue weighted by Gasteiger charge is 2.24. The molecule has 0 saturated carbocycles. The van der Waals surface area contributed by atoms with Crippen molar-refractivity contribution in [1.29, 1.82) is 0 Å². The molecule has 1 aliphatic heterocycles. The van der Waals surface area contributed by atoms with Gasteiger partial charge in [-0.3, -0.25) is 23.6 Å². The summed E-state index contributed by atoms with van der Waals surface area (Å²) in [7, 11) is 1.86. The molecule has 1 amide bonds. The zero-order chi connectivity index (χ0) is 26.8. The van der Waals surface area contributed by atoms with Crippen LogP contribution < -0.4 is 5.32 Å². The first-order valence-electron chi connectivity index (χ1n) is 13.1. The molecule has 2 atom stereocenters. The maximum absolute atomic E-state index is 14.7. The minimum atomic E-state index is -0.516. The molecule has 198 valence electrons. The number of halogens is 1. The highest BCUT2D eigenvalue weighted by Crippen LogP contribution is 2.23. The molecule has 4 heterocycles. The van der Waals surface area contributed by atoms with Crippen molar-refractivity contribution in [1.82, 2.24) is 29.4 Å². The van der Waals surface area contributed by atoms with Crippen LogP contribution in [-0.2, 0) is 13.5 Å². The van der Waals surface area contributed by atoms with Gasteiger partial charge in [-0.1, -0.05) is 6.42 Å². The van der Waals surface area contributed by atoms with E-state index in [9.17, 15) is 14.0 Å². The number of nitrogens with one attached hydrogen (secondary N) is 1. The summed E-state index contributed by atoms with van der Waals surface area (Å²) >= 11 is 0. The van der Waals surface area contributed by atoms with E-state index in [4.69, 9.17) is 0 Å². The Morgan fingerprint density at radius 3 is 2.63 bits per heavy atom. The Balaban J connectivity index is 1.26. The molecule has 3 aromatic heterocycles. The molecule has 0 aliphatic carbocycles. The van der Waals surface area contributed by atoms with Gasteiger partial charge in [0, 0.05) is 62.2 Å². The van der Waals surface area contributed by atoms with E-state index >= 15 is 0 Å². The summed E-state index contributed by atoms with van der Waals surface area (Å²) in [5.74, 6) is -1.07. The molecular weight excluding hydrogens is 483 g/mol. The van der Waals surface area contributed by atoms with Crippen LogP contribution in [0.5, 0.6) is 0 Å². The second kappa shape index (κ2) is 10.9. The van der Waals surface area contributed by atoms with Crippen LogP contribution in [0.1, 0.15) is 59.5 Å². The SMILES string of the molecule is C[C@@H]1CCC[C@H](C)N1CCNC(=O)c1ccc(F)c(CC(=O)c2cnc3cc(-c4ccnn4C)ccn23)c1. The summed E-state index contributed by atoms with van der Waals surface area (Å²) in [6, 6.07) is 10.9. The van der Waals surface area contributed by atoms with Crippen molar-refractivity contribution in [3.8, 4) is 11.3 Å². The molecule has 9 heteroatoms. The third-order valence-corrected chi connectivity index (χ3v) is 7.61. The molecule has 38 heavy (non-hydrogen) atoms. The number of likely N-dealkylation sites (tertiary alicyclic amines) is 1. The maximum atomic E-state index is 14.7. The second-order valence-corrected chi connectivity index (χ2v) is 10.2. The number of rotatable bonds is 8. The molecule has 1 aromatic carbocycles. The molecule has 0 unspecified atom stereocenters. The number of benzene rings is 1. The van der Waals surface area contributed by atoms with Crippen molar-refractivity contribution in [2.75, 3.05) is 13.1 Å². The summed E-state index contributed by atoms with van der Waals surface area (Å²) < 4.78 is 18.1. The lowest BCUT2D eigenvalue weighted by Crippen LogP contribution is -2.47.